The van der Waals surface area contributed by atoms with Gasteiger partial charge in [0.2, 0.25) is 0 Å². The number of aliphatic imine (C=N–C) groups is 1. The molecule has 0 amide bonds. The van der Waals surface area contributed by atoms with Crippen LogP contribution in [0.5, 0.6) is 0 Å². The third-order valence-corrected chi connectivity index (χ3v) is 3.17. The highest BCUT2D eigenvalue weighted by molar-refractivity contribution is 5.77. The molecule has 118 valence electrons. The molecule has 1 aromatic carbocycles. The van der Waals surface area contributed by atoms with Crippen molar-refractivity contribution in [2.24, 2.45) is 10.7 Å². The summed E-state index contributed by atoms with van der Waals surface area (Å²) in [5.74, 6) is 0.608. The molecule has 0 aromatic heterocycles. The van der Waals surface area contributed by atoms with Gasteiger partial charge in [-0.25, -0.2) is 4.99 Å². The van der Waals surface area contributed by atoms with Crippen molar-refractivity contribution in [1.82, 2.24) is 4.90 Å². The zero-order valence-electron chi connectivity index (χ0n) is 14.0. The van der Waals surface area contributed by atoms with E-state index in [-0.39, 0.29) is 5.60 Å². The molecular weight excluding hydrogens is 262 g/mol. The van der Waals surface area contributed by atoms with E-state index in [1.54, 1.807) is 0 Å². The molecule has 4 heteroatoms. The van der Waals surface area contributed by atoms with Crippen LogP contribution in [0.25, 0.3) is 0 Å². The molecule has 0 unspecified atom stereocenters. The molecule has 2 N–H and O–H groups in total. The van der Waals surface area contributed by atoms with Gasteiger partial charge in [0.1, 0.15) is 0 Å². The van der Waals surface area contributed by atoms with Crippen LogP contribution in [0.4, 0.5) is 0 Å². The van der Waals surface area contributed by atoms with Gasteiger partial charge in [-0.3, -0.25) is 0 Å². The maximum absolute atomic E-state index is 5.99. The van der Waals surface area contributed by atoms with Crippen molar-refractivity contribution in [3.63, 3.8) is 0 Å². The molecule has 0 saturated carbocycles. The second-order valence-corrected chi connectivity index (χ2v) is 6.07. The molecule has 0 radical (unpaired) electrons. The minimum Gasteiger partial charge on any atom is -0.371 e. The topological polar surface area (TPSA) is 50.8 Å². The van der Waals surface area contributed by atoms with Crippen LogP contribution in [0.2, 0.25) is 0 Å². The quantitative estimate of drug-likeness (QED) is 0.647. The summed E-state index contributed by atoms with van der Waals surface area (Å²) in [5.41, 5.74) is 8.19. The van der Waals surface area contributed by atoms with Gasteiger partial charge in [0.05, 0.1) is 18.8 Å². The highest BCUT2D eigenvalue weighted by Gasteiger charge is 2.10. The van der Waals surface area contributed by atoms with E-state index < -0.39 is 0 Å². The summed E-state index contributed by atoms with van der Waals surface area (Å²) in [6, 6.07) is 8.32. The van der Waals surface area contributed by atoms with E-state index in [0.29, 0.717) is 19.1 Å². The number of benzene rings is 1. The van der Waals surface area contributed by atoms with Crippen LogP contribution in [0.15, 0.2) is 29.3 Å². The Morgan fingerprint density at radius 1 is 1.19 bits per heavy atom. The minimum atomic E-state index is -0.124. The van der Waals surface area contributed by atoms with Crippen molar-refractivity contribution in [3.05, 3.63) is 35.4 Å². The van der Waals surface area contributed by atoms with E-state index in [1.807, 2.05) is 11.0 Å². The van der Waals surface area contributed by atoms with Crippen molar-refractivity contribution >= 4 is 5.96 Å². The Morgan fingerprint density at radius 2 is 1.81 bits per heavy atom. The summed E-state index contributed by atoms with van der Waals surface area (Å²) in [6.07, 6.45) is 0. The summed E-state index contributed by atoms with van der Waals surface area (Å²) in [6.45, 7) is 13.3. The van der Waals surface area contributed by atoms with Crippen LogP contribution < -0.4 is 5.73 Å². The average Bonchev–Trinajstić information content (AvgIpc) is 2.44. The van der Waals surface area contributed by atoms with Gasteiger partial charge in [-0.05, 0) is 45.7 Å². The average molecular weight is 291 g/mol. The molecule has 0 aliphatic rings. The van der Waals surface area contributed by atoms with E-state index in [0.717, 1.165) is 18.7 Å². The van der Waals surface area contributed by atoms with Crippen LogP contribution in [-0.2, 0) is 17.9 Å². The van der Waals surface area contributed by atoms with Gasteiger partial charge in [-0.2, -0.15) is 0 Å². The Labute approximate surface area is 129 Å². The van der Waals surface area contributed by atoms with Crippen molar-refractivity contribution < 1.29 is 4.74 Å². The van der Waals surface area contributed by atoms with Crippen LogP contribution in [0.1, 0.15) is 45.7 Å². The van der Waals surface area contributed by atoms with Crippen LogP contribution in [-0.4, -0.2) is 29.6 Å². The number of rotatable bonds is 6. The number of hydrogen-bond donors (Lipinski definition) is 1. The minimum absolute atomic E-state index is 0.124. The Bertz CT molecular complexity index is 459. The predicted molar refractivity (Wildman–Crippen MR) is 89.2 cm³/mol. The first kappa shape index (κ1) is 17.5. The maximum atomic E-state index is 5.99. The third kappa shape index (κ3) is 6.63. The lowest BCUT2D eigenvalue weighted by Gasteiger charge is -2.20. The molecule has 0 bridgehead atoms. The van der Waals surface area contributed by atoms with Gasteiger partial charge >= 0.3 is 0 Å². The zero-order valence-corrected chi connectivity index (χ0v) is 14.0. The lowest BCUT2D eigenvalue weighted by atomic mass is 10.1. The van der Waals surface area contributed by atoms with E-state index in [4.69, 9.17) is 10.5 Å². The molecule has 0 atom stereocenters. The van der Waals surface area contributed by atoms with Gasteiger partial charge in [0.25, 0.3) is 0 Å². The van der Waals surface area contributed by atoms with Gasteiger partial charge in [0, 0.05) is 13.1 Å². The molecule has 0 heterocycles. The second kappa shape index (κ2) is 8.03. The molecule has 0 aliphatic heterocycles. The van der Waals surface area contributed by atoms with Crippen molar-refractivity contribution in [3.8, 4) is 0 Å². The molecular formula is C17H29N3O. The number of guanidine groups is 1. The molecule has 4 nitrogen and oxygen atoms in total. The van der Waals surface area contributed by atoms with Gasteiger partial charge in [0.15, 0.2) is 5.96 Å². The van der Waals surface area contributed by atoms with Crippen LogP contribution in [0.3, 0.4) is 0 Å². The number of nitrogens with zero attached hydrogens (tertiary/aromatic N) is 2. The highest BCUT2D eigenvalue weighted by Crippen LogP contribution is 2.13. The molecule has 1 rings (SSSR count). The largest absolute Gasteiger partial charge is 0.371 e. The second-order valence-electron chi connectivity index (χ2n) is 6.07. The van der Waals surface area contributed by atoms with E-state index in [2.05, 4.69) is 57.8 Å². The summed E-state index contributed by atoms with van der Waals surface area (Å²) in [4.78, 5) is 6.51. The number of nitrogens with two attached hydrogens (primary N) is 1. The Kier molecular flexibility index (Phi) is 6.69. The van der Waals surface area contributed by atoms with Crippen LogP contribution in [0, 0.1) is 0 Å². The molecule has 0 saturated heterocycles. The SMILES string of the molecule is CCN(CC)C(N)=NCc1cccc(COC(C)(C)C)c1. The molecule has 0 fully saturated rings. The predicted octanol–water partition coefficient (Wildman–Crippen LogP) is 3.16. The summed E-state index contributed by atoms with van der Waals surface area (Å²) >= 11 is 0. The zero-order chi connectivity index (χ0) is 15.9. The van der Waals surface area contributed by atoms with Crippen molar-refractivity contribution in [2.75, 3.05) is 13.1 Å². The first-order valence-corrected chi connectivity index (χ1v) is 7.62. The van der Waals surface area contributed by atoms with Crippen LogP contribution >= 0.6 is 0 Å². The highest BCUT2D eigenvalue weighted by atomic mass is 16.5. The Morgan fingerprint density at radius 3 is 2.38 bits per heavy atom. The van der Waals surface area contributed by atoms with E-state index in [9.17, 15) is 0 Å². The fourth-order valence-electron chi connectivity index (χ4n) is 1.94. The summed E-state index contributed by atoms with van der Waals surface area (Å²) in [5, 5.41) is 0. The van der Waals surface area contributed by atoms with Gasteiger partial charge < -0.3 is 15.4 Å². The summed E-state index contributed by atoms with van der Waals surface area (Å²) in [7, 11) is 0. The first-order valence-electron chi connectivity index (χ1n) is 7.62. The molecule has 0 spiro atoms. The smallest absolute Gasteiger partial charge is 0.191 e. The first-order chi connectivity index (χ1) is 9.85. The van der Waals surface area contributed by atoms with Gasteiger partial charge in [-0.15, -0.1) is 0 Å². The van der Waals surface area contributed by atoms with E-state index >= 15 is 0 Å². The molecule has 0 aliphatic carbocycles. The normalized spacial score (nSPS) is 12.5. The van der Waals surface area contributed by atoms with E-state index in [1.165, 1.54) is 5.56 Å². The lowest BCUT2D eigenvalue weighted by molar-refractivity contribution is -0.0149. The van der Waals surface area contributed by atoms with Gasteiger partial charge in [-0.1, -0.05) is 24.3 Å². The number of ether oxygens (including phenoxy) is 1. The lowest BCUT2D eigenvalue weighted by Crippen LogP contribution is -2.37. The Balaban J connectivity index is 2.66. The van der Waals surface area contributed by atoms with Crippen molar-refractivity contribution in [2.45, 2.75) is 53.4 Å². The molecule has 1 aromatic rings. The standard InChI is InChI=1S/C17H29N3O/c1-6-20(7-2)16(18)19-12-14-9-8-10-15(11-14)13-21-17(3,4)5/h8-11H,6-7,12-13H2,1-5H3,(H2,18,19). The fraction of sp³-hybridized carbons (Fsp3) is 0.588. The number of hydrogen-bond acceptors (Lipinski definition) is 2. The monoisotopic (exact) mass is 291 g/mol. The van der Waals surface area contributed by atoms with Crippen molar-refractivity contribution in [1.29, 1.82) is 0 Å². The third-order valence-electron chi connectivity index (χ3n) is 3.17. The summed E-state index contributed by atoms with van der Waals surface area (Å²) < 4.78 is 5.80. The molecule has 21 heavy (non-hydrogen) atoms. The fourth-order valence-corrected chi connectivity index (χ4v) is 1.94. The maximum Gasteiger partial charge on any atom is 0.191 e. The Hall–Kier alpha value is -1.55.